The molecule has 8 atom stereocenters. The van der Waals surface area contributed by atoms with Crippen LogP contribution in [0.2, 0.25) is 0 Å². The van der Waals surface area contributed by atoms with Crippen LogP contribution in [0.5, 0.6) is 0 Å². The summed E-state index contributed by atoms with van der Waals surface area (Å²) < 4.78 is 17.7. The Bertz CT molecular complexity index is 1720. The minimum atomic E-state index is -1.63. The van der Waals surface area contributed by atoms with E-state index in [0.717, 1.165) is 109 Å². The summed E-state index contributed by atoms with van der Waals surface area (Å²) in [6, 6.07) is -1.04. The van der Waals surface area contributed by atoms with Crippen LogP contribution in [0.3, 0.4) is 0 Å². The van der Waals surface area contributed by atoms with Crippen molar-refractivity contribution in [2.45, 2.75) is 333 Å². The Hall–Kier alpha value is -3.42. The minimum absolute atomic E-state index is 0.108. The minimum Gasteiger partial charge on any atom is -0.454 e. The second kappa shape index (κ2) is 58.9. The second-order valence-corrected chi connectivity index (χ2v) is 23.2. The van der Waals surface area contributed by atoms with Gasteiger partial charge in [-0.2, -0.15) is 0 Å². The fraction of sp³-hybridized carbons (Fsp3) is 0.750. The third kappa shape index (κ3) is 46.5. The van der Waals surface area contributed by atoms with Crippen molar-refractivity contribution >= 4 is 11.9 Å². The zero-order valence-electron chi connectivity index (χ0n) is 53.0. The Morgan fingerprint density at radius 1 is 0.470 bits per heavy atom. The highest BCUT2D eigenvalue weighted by atomic mass is 16.7. The van der Waals surface area contributed by atoms with Gasteiger partial charge in [0.25, 0.3) is 0 Å². The number of ether oxygens (including phenoxy) is 3. The first-order valence-electron chi connectivity index (χ1n) is 34.0. The Morgan fingerprint density at radius 3 is 1.27 bits per heavy atom. The molecule has 1 rings (SSSR count). The molecule has 1 fully saturated rings. The van der Waals surface area contributed by atoms with E-state index in [9.17, 15) is 35.1 Å². The fourth-order valence-corrected chi connectivity index (χ4v) is 10.1. The van der Waals surface area contributed by atoms with Crippen molar-refractivity contribution in [1.29, 1.82) is 0 Å². The van der Waals surface area contributed by atoms with E-state index in [4.69, 9.17) is 14.2 Å². The predicted octanol–water partition coefficient (Wildman–Crippen LogP) is 17.1. The van der Waals surface area contributed by atoms with E-state index >= 15 is 0 Å². The summed E-state index contributed by atoms with van der Waals surface area (Å²) in [6.45, 7) is 5.73. The number of unbranched alkanes of at least 4 members (excludes halogenated alkanes) is 29. The van der Waals surface area contributed by atoms with E-state index in [-0.39, 0.29) is 19.4 Å². The topological polar surface area (TPSA) is 175 Å². The summed E-state index contributed by atoms with van der Waals surface area (Å²) in [5.74, 6) is -1.22. The average Bonchev–Trinajstić information content (AvgIpc) is 3.54. The van der Waals surface area contributed by atoms with Crippen LogP contribution in [0.25, 0.3) is 0 Å². The quantitative estimate of drug-likeness (QED) is 0.0195. The maximum absolute atomic E-state index is 13.5. The molecule has 0 spiro atoms. The molecule has 83 heavy (non-hydrogen) atoms. The van der Waals surface area contributed by atoms with Gasteiger partial charge in [-0.25, -0.2) is 0 Å². The van der Waals surface area contributed by atoms with Crippen molar-refractivity contribution in [2.75, 3.05) is 13.2 Å². The van der Waals surface area contributed by atoms with E-state index in [1.165, 1.54) is 128 Å². The number of carbonyl (C=O) groups is 2. The molecule has 0 saturated carbocycles. The Kier molecular flexibility index (Phi) is 55.1. The standard InChI is InChI=1S/C72H125NO10/c1-4-7-10-13-16-19-22-25-27-29-31-33-35-37-39-42-45-48-51-54-57-60-67(77)83-70-69(79)68(78)66(61-74)82-72(70)81-62-63(64(75)58-55-52-49-46-43-40-24-21-18-15-12-9-6-3)73-71(80)65(76)59-56-53-50-47-44-41-38-36-34-32-30-28-26-23-20-17-14-11-8-5-2/h16-17,19-20,25-28,31-34,38,41,55,58,63-66,68-70,72,74-76,78-79H,4-15,18,21-24,29-30,35-37,39-40,42-54,56-57,59-62H2,1-3H3,(H,73,80)/b19-16-,20-17-,27-25-,28-26-,33-31-,34-32-,41-38-,58-55+. The molecule has 1 aliphatic heterocycles. The second-order valence-electron chi connectivity index (χ2n) is 23.2. The lowest BCUT2D eigenvalue weighted by Crippen LogP contribution is -2.61. The Labute approximate surface area is 507 Å². The number of esters is 1. The van der Waals surface area contributed by atoms with Crippen molar-refractivity contribution in [3.05, 3.63) is 97.2 Å². The molecular formula is C72H125NO10. The summed E-state index contributed by atoms with van der Waals surface area (Å²) in [4.78, 5) is 26.6. The largest absolute Gasteiger partial charge is 0.454 e. The van der Waals surface area contributed by atoms with Gasteiger partial charge in [0.2, 0.25) is 5.91 Å². The number of carbonyl (C=O) groups excluding carboxylic acids is 2. The number of aliphatic hydroxyl groups is 5. The van der Waals surface area contributed by atoms with Crippen LogP contribution in [-0.2, 0) is 23.8 Å². The number of aliphatic hydroxyl groups excluding tert-OH is 5. The highest BCUT2D eigenvalue weighted by Crippen LogP contribution is 2.26. The van der Waals surface area contributed by atoms with Crippen molar-refractivity contribution < 1.29 is 49.3 Å². The highest BCUT2D eigenvalue weighted by molar-refractivity contribution is 5.80. The van der Waals surface area contributed by atoms with Crippen molar-refractivity contribution in [3.63, 3.8) is 0 Å². The van der Waals surface area contributed by atoms with Gasteiger partial charge in [0.1, 0.15) is 24.4 Å². The number of hydrogen-bond donors (Lipinski definition) is 6. The third-order valence-corrected chi connectivity index (χ3v) is 15.5. The van der Waals surface area contributed by atoms with E-state index < -0.39 is 67.4 Å². The fourth-order valence-electron chi connectivity index (χ4n) is 10.1. The van der Waals surface area contributed by atoms with Gasteiger partial charge in [0.05, 0.1) is 25.4 Å². The van der Waals surface area contributed by atoms with Gasteiger partial charge >= 0.3 is 5.97 Å². The maximum Gasteiger partial charge on any atom is 0.306 e. The van der Waals surface area contributed by atoms with Gasteiger partial charge in [0, 0.05) is 6.42 Å². The summed E-state index contributed by atoms with van der Waals surface area (Å²) in [5.41, 5.74) is 0. The molecule has 0 aromatic carbocycles. The van der Waals surface area contributed by atoms with Crippen molar-refractivity contribution in [3.8, 4) is 0 Å². The molecule has 11 heteroatoms. The normalized spacial score (nSPS) is 19.2. The number of amides is 1. The highest BCUT2D eigenvalue weighted by Gasteiger charge is 2.47. The molecule has 478 valence electrons. The van der Waals surface area contributed by atoms with Crippen LogP contribution in [0.4, 0.5) is 0 Å². The maximum atomic E-state index is 13.5. The van der Waals surface area contributed by atoms with Crippen LogP contribution < -0.4 is 5.32 Å². The van der Waals surface area contributed by atoms with Crippen molar-refractivity contribution in [1.82, 2.24) is 5.32 Å². The van der Waals surface area contributed by atoms with E-state index in [2.05, 4.69) is 111 Å². The van der Waals surface area contributed by atoms with Gasteiger partial charge in [0.15, 0.2) is 12.4 Å². The van der Waals surface area contributed by atoms with Crippen LogP contribution in [0.1, 0.15) is 284 Å². The van der Waals surface area contributed by atoms with E-state index in [1.807, 2.05) is 6.08 Å². The smallest absolute Gasteiger partial charge is 0.306 e. The summed E-state index contributed by atoms with van der Waals surface area (Å²) in [6.07, 6.45) is 68.6. The Morgan fingerprint density at radius 2 is 0.831 bits per heavy atom. The van der Waals surface area contributed by atoms with Crippen LogP contribution in [0.15, 0.2) is 97.2 Å². The summed E-state index contributed by atoms with van der Waals surface area (Å²) in [7, 11) is 0. The Balaban J connectivity index is 2.67. The zero-order valence-corrected chi connectivity index (χ0v) is 53.0. The molecule has 1 aliphatic rings. The van der Waals surface area contributed by atoms with Gasteiger partial charge in [-0.15, -0.1) is 0 Å². The number of rotatable bonds is 57. The average molecular weight is 1160 g/mol. The summed E-state index contributed by atoms with van der Waals surface area (Å²) in [5, 5.41) is 57.2. The SMILES string of the molecule is CCCCC/C=C\C/C=C\C/C=C\C/C=C\CCCCCCC(O)C(=O)NC(COC1OC(CO)C(O)C(O)C1OC(=O)CCCCCCCCCC/C=C\C/C=C\C/C=C\CCCCC)C(O)/C=C/CCCCCCCCCCCCC. The molecule has 1 heterocycles. The zero-order chi connectivity index (χ0) is 60.3. The molecule has 1 saturated heterocycles. The molecular weight excluding hydrogens is 1040 g/mol. The molecule has 0 bridgehead atoms. The third-order valence-electron chi connectivity index (χ3n) is 15.5. The number of hydrogen-bond acceptors (Lipinski definition) is 10. The van der Waals surface area contributed by atoms with Gasteiger partial charge in [-0.1, -0.05) is 266 Å². The number of nitrogens with one attached hydrogen (secondary N) is 1. The number of allylic oxidation sites excluding steroid dienone is 15. The first-order valence-corrected chi connectivity index (χ1v) is 34.0. The van der Waals surface area contributed by atoms with E-state index in [1.54, 1.807) is 6.08 Å². The lowest BCUT2D eigenvalue weighted by Gasteiger charge is -2.41. The lowest BCUT2D eigenvalue weighted by molar-refractivity contribution is -0.305. The molecule has 0 aromatic rings. The first kappa shape index (κ1) is 77.6. The van der Waals surface area contributed by atoms with Crippen LogP contribution in [-0.4, -0.2) is 99.6 Å². The van der Waals surface area contributed by atoms with Crippen LogP contribution >= 0.6 is 0 Å². The molecule has 0 aliphatic carbocycles. The predicted molar refractivity (Wildman–Crippen MR) is 347 cm³/mol. The monoisotopic (exact) mass is 1160 g/mol. The van der Waals surface area contributed by atoms with Crippen LogP contribution in [0, 0.1) is 0 Å². The molecule has 8 unspecified atom stereocenters. The molecule has 6 N–H and O–H groups in total. The molecule has 0 aromatic heterocycles. The molecule has 11 nitrogen and oxygen atoms in total. The molecule has 0 radical (unpaired) electrons. The van der Waals surface area contributed by atoms with Gasteiger partial charge in [-0.3, -0.25) is 9.59 Å². The lowest BCUT2D eigenvalue weighted by atomic mass is 9.99. The van der Waals surface area contributed by atoms with Crippen molar-refractivity contribution in [2.24, 2.45) is 0 Å². The first-order chi connectivity index (χ1) is 40.7. The van der Waals surface area contributed by atoms with Gasteiger partial charge < -0.3 is 45.1 Å². The van der Waals surface area contributed by atoms with Gasteiger partial charge in [-0.05, 0) is 109 Å². The van der Waals surface area contributed by atoms with E-state index in [0.29, 0.717) is 12.8 Å². The molecule has 1 amide bonds. The summed E-state index contributed by atoms with van der Waals surface area (Å²) >= 11 is 0.